The van der Waals surface area contributed by atoms with Crippen LogP contribution in [0.25, 0.3) is 0 Å². The van der Waals surface area contributed by atoms with E-state index in [2.05, 4.69) is 30.8 Å². The van der Waals surface area contributed by atoms with Gasteiger partial charge in [-0.25, -0.2) is 0 Å². The van der Waals surface area contributed by atoms with Crippen LogP contribution >= 0.6 is 11.8 Å². The fraction of sp³-hybridized carbons (Fsp3) is 0.600. The van der Waals surface area contributed by atoms with Gasteiger partial charge >= 0.3 is 0 Å². The average molecular weight is 265 g/mol. The molecule has 2 unspecified atom stereocenters. The Bertz CT molecular complexity index is 394. The number of thioether (sulfide) groups is 1. The SMILES string of the molecule is COc1cc(N)cc(CSC2CCCC(C)C2)c1. The normalized spacial score (nSPS) is 23.9. The topological polar surface area (TPSA) is 35.2 Å². The Morgan fingerprint density at radius 3 is 2.89 bits per heavy atom. The number of hydrogen-bond donors (Lipinski definition) is 1. The quantitative estimate of drug-likeness (QED) is 0.833. The van der Waals surface area contributed by atoms with E-state index in [-0.39, 0.29) is 0 Å². The zero-order chi connectivity index (χ0) is 13.0. The van der Waals surface area contributed by atoms with Crippen LogP contribution < -0.4 is 10.5 Å². The molecular formula is C15H23NOS. The van der Waals surface area contributed by atoms with Crippen molar-refractivity contribution in [3.63, 3.8) is 0 Å². The van der Waals surface area contributed by atoms with E-state index in [0.717, 1.165) is 28.4 Å². The molecule has 0 amide bonds. The fourth-order valence-corrected chi connectivity index (χ4v) is 4.02. The van der Waals surface area contributed by atoms with Gasteiger partial charge in [0.2, 0.25) is 0 Å². The van der Waals surface area contributed by atoms with Gasteiger partial charge in [0.15, 0.2) is 0 Å². The fourth-order valence-electron chi connectivity index (χ4n) is 2.63. The second kappa shape index (κ2) is 6.37. The smallest absolute Gasteiger partial charge is 0.121 e. The first-order valence-electron chi connectivity index (χ1n) is 6.72. The van der Waals surface area contributed by atoms with Gasteiger partial charge in [-0.1, -0.05) is 19.8 Å². The van der Waals surface area contributed by atoms with Gasteiger partial charge in [0.05, 0.1) is 7.11 Å². The minimum absolute atomic E-state index is 0.793. The van der Waals surface area contributed by atoms with Crippen molar-refractivity contribution in [2.75, 3.05) is 12.8 Å². The lowest BCUT2D eigenvalue weighted by Crippen LogP contribution is -2.15. The van der Waals surface area contributed by atoms with Crippen LogP contribution in [0.5, 0.6) is 5.75 Å². The molecule has 1 aromatic carbocycles. The Morgan fingerprint density at radius 2 is 2.17 bits per heavy atom. The molecule has 1 aromatic rings. The third kappa shape index (κ3) is 3.84. The lowest BCUT2D eigenvalue weighted by molar-refractivity contribution is 0.394. The van der Waals surface area contributed by atoms with Crippen LogP contribution in [0.15, 0.2) is 18.2 Å². The van der Waals surface area contributed by atoms with Gasteiger partial charge in [-0.05, 0) is 36.5 Å². The van der Waals surface area contributed by atoms with Crippen LogP contribution in [-0.2, 0) is 5.75 Å². The molecular weight excluding hydrogens is 242 g/mol. The van der Waals surface area contributed by atoms with Gasteiger partial charge in [-0.3, -0.25) is 0 Å². The maximum absolute atomic E-state index is 5.88. The molecule has 1 saturated carbocycles. The third-order valence-corrected chi connectivity index (χ3v) is 5.00. The van der Waals surface area contributed by atoms with Crippen molar-refractivity contribution in [1.29, 1.82) is 0 Å². The lowest BCUT2D eigenvalue weighted by Gasteiger charge is -2.26. The molecule has 18 heavy (non-hydrogen) atoms. The van der Waals surface area contributed by atoms with Crippen LogP contribution in [-0.4, -0.2) is 12.4 Å². The summed E-state index contributed by atoms with van der Waals surface area (Å²) in [5, 5.41) is 0.821. The summed E-state index contributed by atoms with van der Waals surface area (Å²) < 4.78 is 5.26. The van der Waals surface area contributed by atoms with Crippen molar-refractivity contribution in [2.45, 2.75) is 43.6 Å². The Morgan fingerprint density at radius 1 is 1.33 bits per heavy atom. The largest absolute Gasteiger partial charge is 0.497 e. The zero-order valence-corrected chi connectivity index (χ0v) is 12.1. The molecule has 2 nitrogen and oxygen atoms in total. The maximum atomic E-state index is 5.88. The average Bonchev–Trinajstić information content (AvgIpc) is 2.36. The van der Waals surface area contributed by atoms with E-state index in [1.165, 1.54) is 31.2 Å². The van der Waals surface area contributed by atoms with Crippen LogP contribution in [0.2, 0.25) is 0 Å². The number of nitrogens with two attached hydrogens (primary N) is 1. The van der Waals surface area contributed by atoms with E-state index in [0.29, 0.717) is 0 Å². The number of hydrogen-bond acceptors (Lipinski definition) is 3. The number of nitrogen functional groups attached to an aromatic ring is 1. The standard InChI is InChI=1S/C15H23NOS/c1-11-4-3-5-15(6-11)18-10-12-7-13(16)9-14(8-12)17-2/h7-9,11,15H,3-6,10,16H2,1-2H3. The van der Waals surface area contributed by atoms with Crippen molar-refractivity contribution < 1.29 is 4.74 Å². The molecule has 0 saturated heterocycles. The zero-order valence-electron chi connectivity index (χ0n) is 11.3. The first-order chi connectivity index (χ1) is 8.67. The Labute approximate surface area is 114 Å². The molecule has 1 aliphatic carbocycles. The Kier molecular flexibility index (Phi) is 4.81. The van der Waals surface area contributed by atoms with E-state index in [1.807, 2.05) is 6.07 Å². The predicted octanol–water partition coefficient (Wildman–Crippen LogP) is 4.09. The molecule has 0 spiro atoms. The summed E-state index contributed by atoms with van der Waals surface area (Å²) >= 11 is 2.07. The highest BCUT2D eigenvalue weighted by molar-refractivity contribution is 7.99. The third-order valence-electron chi connectivity index (χ3n) is 3.60. The van der Waals surface area contributed by atoms with Gasteiger partial charge in [0, 0.05) is 22.8 Å². The number of rotatable bonds is 4. The summed E-state index contributed by atoms with van der Waals surface area (Å²) in [5.41, 5.74) is 7.94. The molecule has 0 heterocycles. The highest BCUT2D eigenvalue weighted by atomic mass is 32.2. The van der Waals surface area contributed by atoms with E-state index in [4.69, 9.17) is 10.5 Å². The van der Waals surface area contributed by atoms with Crippen molar-refractivity contribution >= 4 is 17.4 Å². The number of ether oxygens (including phenoxy) is 1. The molecule has 2 rings (SSSR count). The summed E-state index contributed by atoms with van der Waals surface area (Å²) in [4.78, 5) is 0. The summed E-state index contributed by atoms with van der Waals surface area (Å²) in [5.74, 6) is 2.80. The highest BCUT2D eigenvalue weighted by Crippen LogP contribution is 2.34. The summed E-state index contributed by atoms with van der Waals surface area (Å²) in [7, 11) is 1.69. The molecule has 0 radical (unpaired) electrons. The number of methoxy groups -OCH3 is 1. The predicted molar refractivity (Wildman–Crippen MR) is 80.1 cm³/mol. The molecule has 2 atom stereocenters. The van der Waals surface area contributed by atoms with Gasteiger partial charge in [-0.15, -0.1) is 0 Å². The summed E-state index contributed by atoms with van der Waals surface area (Å²) in [6.07, 6.45) is 5.53. The molecule has 0 aliphatic heterocycles. The van der Waals surface area contributed by atoms with E-state index < -0.39 is 0 Å². The van der Waals surface area contributed by atoms with Crippen LogP contribution in [0.4, 0.5) is 5.69 Å². The van der Waals surface area contributed by atoms with Gasteiger partial charge in [0.25, 0.3) is 0 Å². The monoisotopic (exact) mass is 265 g/mol. The van der Waals surface area contributed by atoms with Crippen molar-refractivity contribution in [3.05, 3.63) is 23.8 Å². The van der Waals surface area contributed by atoms with Crippen LogP contribution in [0.1, 0.15) is 38.2 Å². The van der Waals surface area contributed by atoms with E-state index in [1.54, 1.807) is 7.11 Å². The Hall–Kier alpha value is -0.830. The summed E-state index contributed by atoms with van der Waals surface area (Å²) in [6.45, 7) is 2.37. The molecule has 2 N–H and O–H groups in total. The van der Waals surface area contributed by atoms with E-state index >= 15 is 0 Å². The van der Waals surface area contributed by atoms with Crippen molar-refractivity contribution in [2.24, 2.45) is 5.92 Å². The summed E-state index contributed by atoms with van der Waals surface area (Å²) in [6, 6.07) is 6.02. The van der Waals surface area contributed by atoms with Crippen LogP contribution in [0.3, 0.4) is 0 Å². The first-order valence-corrected chi connectivity index (χ1v) is 7.77. The molecule has 3 heteroatoms. The molecule has 0 aromatic heterocycles. The second-order valence-corrected chi connectivity index (χ2v) is 6.61. The van der Waals surface area contributed by atoms with Gasteiger partial charge in [0.1, 0.15) is 5.75 Å². The second-order valence-electron chi connectivity index (χ2n) is 5.32. The Balaban J connectivity index is 1.91. The van der Waals surface area contributed by atoms with Crippen LogP contribution in [0, 0.1) is 5.92 Å². The van der Waals surface area contributed by atoms with Gasteiger partial charge in [-0.2, -0.15) is 11.8 Å². The minimum atomic E-state index is 0.793. The van der Waals surface area contributed by atoms with E-state index in [9.17, 15) is 0 Å². The molecule has 1 aliphatic rings. The molecule has 100 valence electrons. The molecule has 1 fully saturated rings. The minimum Gasteiger partial charge on any atom is -0.497 e. The number of anilines is 1. The molecule has 0 bridgehead atoms. The lowest BCUT2D eigenvalue weighted by atomic mass is 9.91. The van der Waals surface area contributed by atoms with Crippen molar-refractivity contribution in [1.82, 2.24) is 0 Å². The van der Waals surface area contributed by atoms with Crippen molar-refractivity contribution in [3.8, 4) is 5.75 Å². The van der Waals surface area contributed by atoms with Gasteiger partial charge < -0.3 is 10.5 Å². The highest BCUT2D eigenvalue weighted by Gasteiger charge is 2.19. The maximum Gasteiger partial charge on any atom is 0.121 e. The first kappa shape index (κ1) is 13.6. The number of benzene rings is 1.